The number of carbonyl (C=O) groups excluding carboxylic acids is 1. The van der Waals surface area contributed by atoms with E-state index in [2.05, 4.69) is 28.2 Å². The Bertz CT molecular complexity index is 1150. The molecule has 2 aromatic carbocycles. The van der Waals surface area contributed by atoms with Crippen LogP contribution in [0.25, 0.3) is 5.69 Å². The van der Waals surface area contributed by atoms with Crippen LogP contribution in [0.2, 0.25) is 0 Å². The minimum absolute atomic E-state index is 0.143. The predicted octanol–water partition coefficient (Wildman–Crippen LogP) is 4.93. The molecule has 156 valence electrons. The van der Waals surface area contributed by atoms with Gasteiger partial charge in [0.15, 0.2) is 0 Å². The lowest BCUT2D eigenvalue weighted by molar-refractivity contribution is 0.0660. The summed E-state index contributed by atoms with van der Waals surface area (Å²) in [6, 6.07) is 14.8. The van der Waals surface area contributed by atoms with E-state index in [0.29, 0.717) is 24.6 Å². The van der Waals surface area contributed by atoms with E-state index in [1.807, 2.05) is 42.1 Å². The first-order valence-electron chi connectivity index (χ1n) is 11.1. The summed E-state index contributed by atoms with van der Waals surface area (Å²) in [5.41, 5.74) is 6.57. The maximum atomic E-state index is 13.3. The van der Waals surface area contributed by atoms with E-state index in [9.17, 15) is 10.1 Å². The summed E-state index contributed by atoms with van der Waals surface area (Å²) in [4.78, 5) is 15.3. The molecule has 2 heterocycles. The molecule has 1 aliphatic carbocycles. The van der Waals surface area contributed by atoms with Crippen LogP contribution in [-0.4, -0.2) is 26.6 Å². The molecule has 1 fully saturated rings. The SMILES string of the molecule is Cc1c(C#N)c(Cc2ccc(-n3cccn3)cc2)cc2c1CN(C1CCCCC1)C2=O. The number of hydrogen-bond acceptors (Lipinski definition) is 3. The summed E-state index contributed by atoms with van der Waals surface area (Å²) in [6.45, 7) is 2.65. The molecule has 0 atom stereocenters. The number of rotatable bonds is 4. The zero-order valence-corrected chi connectivity index (χ0v) is 17.8. The Balaban J connectivity index is 1.44. The summed E-state index contributed by atoms with van der Waals surface area (Å²) < 4.78 is 1.82. The maximum Gasteiger partial charge on any atom is 0.254 e. The second-order valence-electron chi connectivity index (χ2n) is 8.69. The van der Waals surface area contributed by atoms with E-state index in [-0.39, 0.29) is 5.91 Å². The number of amides is 1. The molecule has 0 spiro atoms. The van der Waals surface area contributed by atoms with Gasteiger partial charge in [0.05, 0.1) is 17.3 Å². The third-order valence-corrected chi connectivity index (χ3v) is 6.84. The van der Waals surface area contributed by atoms with Gasteiger partial charge in [-0.3, -0.25) is 4.79 Å². The Morgan fingerprint density at radius 1 is 1.16 bits per heavy atom. The van der Waals surface area contributed by atoms with Gasteiger partial charge in [-0.2, -0.15) is 10.4 Å². The zero-order valence-electron chi connectivity index (χ0n) is 17.8. The van der Waals surface area contributed by atoms with Crippen LogP contribution in [0.4, 0.5) is 0 Å². The van der Waals surface area contributed by atoms with Crippen molar-refractivity contribution >= 4 is 5.91 Å². The highest BCUT2D eigenvalue weighted by Gasteiger charge is 2.35. The van der Waals surface area contributed by atoms with Gasteiger partial charge in [0.2, 0.25) is 0 Å². The zero-order chi connectivity index (χ0) is 21.4. The molecule has 0 saturated heterocycles. The molecule has 1 amide bonds. The summed E-state index contributed by atoms with van der Waals surface area (Å²) in [5, 5.41) is 14.2. The number of nitrogens with zero attached hydrogens (tertiary/aromatic N) is 4. The van der Waals surface area contributed by atoms with Crippen molar-refractivity contribution in [2.45, 2.75) is 58.0 Å². The standard InChI is InChI=1S/C26H26N4O/c1-18-24(16-27)20(14-19-8-10-22(11-9-19)30-13-5-12-28-30)15-23-25(18)17-29(26(23)31)21-6-3-2-4-7-21/h5,8-13,15,21H,2-4,6-7,14,17H2,1H3. The lowest BCUT2D eigenvalue weighted by Crippen LogP contribution is -2.36. The van der Waals surface area contributed by atoms with Crippen molar-refractivity contribution in [3.8, 4) is 11.8 Å². The van der Waals surface area contributed by atoms with E-state index in [0.717, 1.165) is 46.3 Å². The van der Waals surface area contributed by atoms with Crippen molar-refractivity contribution in [1.29, 1.82) is 5.26 Å². The first kappa shape index (κ1) is 19.6. The number of fused-ring (bicyclic) bond motifs is 1. The highest BCUT2D eigenvalue weighted by atomic mass is 16.2. The van der Waals surface area contributed by atoms with Gasteiger partial charge in [-0.25, -0.2) is 4.68 Å². The van der Waals surface area contributed by atoms with E-state index in [1.165, 1.54) is 19.3 Å². The summed E-state index contributed by atoms with van der Waals surface area (Å²) in [6.07, 6.45) is 10.2. The van der Waals surface area contributed by atoms with Crippen LogP contribution in [0.1, 0.15) is 70.3 Å². The molecule has 5 nitrogen and oxygen atoms in total. The van der Waals surface area contributed by atoms with Crippen LogP contribution in [0.15, 0.2) is 48.8 Å². The Morgan fingerprint density at radius 2 is 1.94 bits per heavy atom. The van der Waals surface area contributed by atoms with E-state index in [4.69, 9.17) is 0 Å². The molecule has 0 radical (unpaired) electrons. The minimum Gasteiger partial charge on any atom is -0.331 e. The van der Waals surface area contributed by atoms with Crippen molar-refractivity contribution in [1.82, 2.24) is 14.7 Å². The lowest BCUT2D eigenvalue weighted by Gasteiger charge is -2.30. The molecule has 2 aliphatic rings. The van der Waals surface area contributed by atoms with Crippen LogP contribution in [0.3, 0.4) is 0 Å². The van der Waals surface area contributed by atoms with Gasteiger partial charge in [-0.05, 0) is 72.7 Å². The van der Waals surface area contributed by atoms with Crippen molar-refractivity contribution < 1.29 is 4.79 Å². The number of benzene rings is 2. The largest absolute Gasteiger partial charge is 0.331 e. The van der Waals surface area contributed by atoms with Gasteiger partial charge >= 0.3 is 0 Å². The van der Waals surface area contributed by atoms with Crippen LogP contribution in [-0.2, 0) is 13.0 Å². The smallest absolute Gasteiger partial charge is 0.254 e. The second kappa shape index (κ2) is 8.03. The minimum atomic E-state index is 0.143. The first-order valence-corrected chi connectivity index (χ1v) is 11.1. The van der Waals surface area contributed by atoms with Crippen molar-refractivity contribution in [2.24, 2.45) is 0 Å². The molecular weight excluding hydrogens is 384 g/mol. The van der Waals surface area contributed by atoms with Crippen LogP contribution < -0.4 is 0 Å². The van der Waals surface area contributed by atoms with Gasteiger partial charge < -0.3 is 4.90 Å². The van der Waals surface area contributed by atoms with E-state index in [1.54, 1.807) is 6.20 Å². The summed E-state index contributed by atoms with van der Waals surface area (Å²) in [5.74, 6) is 0.143. The maximum absolute atomic E-state index is 13.3. The number of hydrogen-bond donors (Lipinski definition) is 0. The molecule has 1 aromatic heterocycles. The van der Waals surface area contributed by atoms with Gasteiger partial charge in [0.25, 0.3) is 5.91 Å². The molecule has 0 unspecified atom stereocenters. The number of aromatic nitrogens is 2. The molecule has 3 aromatic rings. The Labute approximate surface area is 182 Å². The average Bonchev–Trinajstić information content (AvgIpc) is 3.44. The molecule has 0 N–H and O–H groups in total. The Hall–Kier alpha value is -3.39. The van der Waals surface area contributed by atoms with Crippen molar-refractivity contribution in [2.75, 3.05) is 0 Å². The monoisotopic (exact) mass is 410 g/mol. The molecular formula is C26H26N4O. The van der Waals surface area contributed by atoms with Crippen LogP contribution >= 0.6 is 0 Å². The Morgan fingerprint density at radius 3 is 2.61 bits per heavy atom. The molecule has 0 bridgehead atoms. The fourth-order valence-corrected chi connectivity index (χ4v) is 5.11. The fourth-order valence-electron chi connectivity index (χ4n) is 5.11. The molecule has 31 heavy (non-hydrogen) atoms. The third-order valence-electron chi connectivity index (χ3n) is 6.84. The molecule has 5 rings (SSSR count). The van der Waals surface area contributed by atoms with Gasteiger partial charge in [0, 0.05) is 30.5 Å². The Kier molecular flexibility index (Phi) is 5.07. The topological polar surface area (TPSA) is 61.9 Å². The van der Waals surface area contributed by atoms with Gasteiger partial charge in [0.1, 0.15) is 0 Å². The van der Waals surface area contributed by atoms with Gasteiger partial charge in [-0.15, -0.1) is 0 Å². The van der Waals surface area contributed by atoms with Crippen molar-refractivity contribution in [3.05, 3.63) is 82.2 Å². The van der Waals surface area contributed by atoms with Crippen molar-refractivity contribution in [3.63, 3.8) is 0 Å². The summed E-state index contributed by atoms with van der Waals surface area (Å²) in [7, 11) is 0. The van der Waals surface area contributed by atoms with Crippen LogP contribution in [0, 0.1) is 18.3 Å². The number of nitriles is 1. The highest BCUT2D eigenvalue weighted by molar-refractivity contribution is 5.99. The first-order chi connectivity index (χ1) is 15.2. The third kappa shape index (κ3) is 3.53. The fraction of sp³-hybridized carbons (Fsp3) is 0.346. The van der Waals surface area contributed by atoms with Gasteiger partial charge in [-0.1, -0.05) is 31.4 Å². The normalized spacial score (nSPS) is 16.4. The van der Waals surface area contributed by atoms with Crippen LogP contribution in [0.5, 0.6) is 0 Å². The lowest BCUT2D eigenvalue weighted by atomic mass is 9.91. The van der Waals surface area contributed by atoms with E-state index < -0.39 is 0 Å². The average molecular weight is 411 g/mol. The molecule has 5 heteroatoms. The number of carbonyl (C=O) groups is 1. The quantitative estimate of drug-likeness (QED) is 0.613. The summed E-state index contributed by atoms with van der Waals surface area (Å²) >= 11 is 0. The second-order valence-corrected chi connectivity index (χ2v) is 8.69. The highest BCUT2D eigenvalue weighted by Crippen LogP contribution is 2.35. The molecule has 1 saturated carbocycles. The van der Waals surface area contributed by atoms with E-state index >= 15 is 0 Å². The molecule has 1 aliphatic heterocycles. The predicted molar refractivity (Wildman–Crippen MR) is 119 cm³/mol.